The largest absolute Gasteiger partial charge is 0.465 e. The van der Waals surface area contributed by atoms with Crippen molar-refractivity contribution in [3.05, 3.63) is 60.1 Å². The molecule has 1 aromatic carbocycles. The average molecular weight is 295 g/mol. The summed E-state index contributed by atoms with van der Waals surface area (Å²) < 4.78 is 5.56. The Morgan fingerprint density at radius 2 is 1.95 bits per heavy atom. The summed E-state index contributed by atoms with van der Waals surface area (Å²) in [4.78, 5) is 14.8. The Bertz CT molecular complexity index is 718. The van der Waals surface area contributed by atoms with Gasteiger partial charge in [0.25, 0.3) is 5.91 Å². The van der Waals surface area contributed by atoms with Gasteiger partial charge < -0.3 is 14.4 Å². The van der Waals surface area contributed by atoms with Gasteiger partial charge >= 0.3 is 0 Å². The van der Waals surface area contributed by atoms with E-state index in [1.807, 2.05) is 42.5 Å². The van der Waals surface area contributed by atoms with Gasteiger partial charge in [0.2, 0.25) is 0 Å². The number of carbonyl (C=O) groups excluding carboxylic acids is 1. The Balaban J connectivity index is 1.87. The van der Waals surface area contributed by atoms with E-state index >= 15 is 0 Å². The van der Waals surface area contributed by atoms with Crippen LogP contribution in [0.4, 0.5) is 0 Å². The Morgan fingerprint density at radius 3 is 2.68 bits per heavy atom. The molecule has 2 aliphatic heterocycles. The lowest BCUT2D eigenvalue weighted by molar-refractivity contribution is -0.126. The number of fused-ring (bicyclic) bond motifs is 1. The maximum atomic E-state index is 13.0. The number of hydrogen-bond acceptors (Lipinski definition) is 3. The molecule has 2 aliphatic rings. The highest BCUT2D eigenvalue weighted by Gasteiger charge is 2.41. The fourth-order valence-electron chi connectivity index (χ4n) is 3.52. The van der Waals surface area contributed by atoms with Crippen LogP contribution >= 0.6 is 0 Å². The van der Waals surface area contributed by atoms with E-state index < -0.39 is 6.10 Å². The van der Waals surface area contributed by atoms with Crippen molar-refractivity contribution in [3.8, 4) is 0 Å². The van der Waals surface area contributed by atoms with Gasteiger partial charge in [-0.3, -0.25) is 4.79 Å². The monoisotopic (exact) mass is 295 g/mol. The normalized spacial score (nSPS) is 24.8. The van der Waals surface area contributed by atoms with Crippen LogP contribution in [0.15, 0.2) is 53.1 Å². The van der Waals surface area contributed by atoms with Crippen LogP contribution in [0.5, 0.6) is 0 Å². The molecule has 4 nitrogen and oxygen atoms in total. The lowest BCUT2D eigenvalue weighted by Crippen LogP contribution is -2.40. The molecule has 0 radical (unpaired) electrons. The molecule has 22 heavy (non-hydrogen) atoms. The molecule has 2 atom stereocenters. The Labute approximate surface area is 128 Å². The van der Waals surface area contributed by atoms with E-state index in [1.54, 1.807) is 11.2 Å². The highest BCUT2D eigenvalue weighted by molar-refractivity contribution is 6.27. The highest BCUT2D eigenvalue weighted by Crippen LogP contribution is 2.40. The third-order valence-corrected chi connectivity index (χ3v) is 4.49. The minimum Gasteiger partial charge on any atom is -0.465 e. The average Bonchev–Trinajstić information content (AvgIpc) is 3.17. The first kappa shape index (κ1) is 13.3. The van der Waals surface area contributed by atoms with Crippen LogP contribution in [0.1, 0.15) is 24.2 Å². The number of nitrogens with zero attached hydrogens (tertiary/aromatic N) is 1. The second-order valence-corrected chi connectivity index (χ2v) is 5.90. The van der Waals surface area contributed by atoms with E-state index in [-0.39, 0.29) is 11.9 Å². The van der Waals surface area contributed by atoms with Crippen molar-refractivity contribution >= 4 is 17.1 Å². The van der Waals surface area contributed by atoms with Gasteiger partial charge in [0.15, 0.2) is 0 Å². The summed E-state index contributed by atoms with van der Waals surface area (Å²) in [5.74, 6) is 0.735. The van der Waals surface area contributed by atoms with Gasteiger partial charge in [0.1, 0.15) is 5.76 Å². The highest BCUT2D eigenvalue weighted by atomic mass is 16.3. The topological polar surface area (TPSA) is 53.7 Å². The lowest BCUT2D eigenvalue weighted by Gasteiger charge is -2.32. The number of aliphatic hydroxyl groups excluding tert-OH is 1. The smallest absolute Gasteiger partial charge is 0.255 e. The molecule has 0 bridgehead atoms. The molecule has 1 aromatic heterocycles. The van der Waals surface area contributed by atoms with Crippen LogP contribution in [0, 0.1) is 0 Å². The zero-order valence-electron chi connectivity index (χ0n) is 12.1. The second-order valence-electron chi connectivity index (χ2n) is 5.90. The molecule has 4 heteroatoms. The molecule has 1 amide bonds. The minimum absolute atomic E-state index is 0.00889. The number of carbonyl (C=O) groups is 1. The van der Waals surface area contributed by atoms with Gasteiger partial charge in [0, 0.05) is 18.2 Å². The Kier molecular flexibility index (Phi) is 3.12. The van der Waals surface area contributed by atoms with E-state index in [4.69, 9.17) is 4.42 Å². The van der Waals surface area contributed by atoms with Crippen molar-refractivity contribution in [2.24, 2.45) is 0 Å². The molecular weight excluding hydrogens is 278 g/mol. The zero-order valence-corrected chi connectivity index (χ0v) is 12.1. The summed E-state index contributed by atoms with van der Waals surface area (Å²) in [5, 5.41) is 9.92. The molecule has 4 rings (SSSR count). The number of aliphatic hydroxyl groups is 1. The molecular formula is C18H17NO3. The fourth-order valence-corrected chi connectivity index (χ4v) is 3.52. The van der Waals surface area contributed by atoms with E-state index in [2.05, 4.69) is 0 Å². The summed E-state index contributed by atoms with van der Waals surface area (Å²) in [5.41, 5.74) is 2.54. The molecule has 0 unspecified atom stereocenters. The second kappa shape index (κ2) is 5.14. The van der Waals surface area contributed by atoms with Crippen molar-refractivity contribution in [2.45, 2.75) is 25.0 Å². The number of hydrogen-bond donors (Lipinski definition) is 1. The van der Waals surface area contributed by atoms with Crippen LogP contribution in [0.2, 0.25) is 0 Å². The number of rotatable bonds is 2. The predicted octanol–water partition coefficient (Wildman–Crippen LogP) is 2.56. The summed E-state index contributed by atoms with van der Waals surface area (Å²) in [6, 6.07) is 13.5. The van der Waals surface area contributed by atoms with Gasteiger partial charge in [-0.25, -0.2) is 0 Å². The van der Waals surface area contributed by atoms with Crippen LogP contribution in [0.3, 0.4) is 0 Å². The first-order valence-electron chi connectivity index (χ1n) is 7.55. The number of benzene rings is 1. The van der Waals surface area contributed by atoms with Crippen LogP contribution in [-0.4, -0.2) is 34.6 Å². The van der Waals surface area contributed by atoms with Crippen molar-refractivity contribution < 1.29 is 14.3 Å². The molecule has 0 aliphatic carbocycles. The van der Waals surface area contributed by atoms with Gasteiger partial charge in [0.05, 0.1) is 17.9 Å². The number of furan rings is 1. The maximum Gasteiger partial charge on any atom is 0.255 e. The molecule has 3 heterocycles. The molecule has 2 aromatic rings. The summed E-state index contributed by atoms with van der Waals surface area (Å²) in [6.45, 7) is 0.422. The van der Waals surface area contributed by atoms with Crippen molar-refractivity contribution in [1.29, 1.82) is 0 Å². The van der Waals surface area contributed by atoms with Gasteiger partial charge in [-0.05, 0) is 30.5 Å². The molecule has 0 spiro atoms. The first-order chi connectivity index (χ1) is 10.7. The predicted molar refractivity (Wildman–Crippen MR) is 82.7 cm³/mol. The molecule has 0 saturated carbocycles. The fraction of sp³-hybridized carbons (Fsp3) is 0.278. The van der Waals surface area contributed by atoms with Crippen LogP contribution in [0.25, 0.3) is 11.1 Å². The summed E-state index contributed by atoms with van der Waals surface area (Å²) in [6.07, 6.45) is 2.56. The lowest BCUT2D eigenvalue weighted by atomic mass is 9.88. The molecule has 1 N–H and O–H groups in total. The van der Waals surface area contributed by atoms with Crippen molar-refractivity contribution in [2.75, 3.05) is 6.54 Å². The minimum atomic E-state index is -0.429. The number of amides is 1. The van der Waals surface area contributed by atoms with E-state index in [1.165, 1.54) is 0 Å². The van der Waals surface area contributed by atoms with Crippen LogP contribution < -0.4 is 0 Å². The SMILES string of the molecule is O=C1C(c2ccccc2)=C(c2ccco2)C[C@H]2C[C@@H](O)CN12. The Morgan fingerprint density at radius 1 is 1.14 bits per heavy atom. The first-order valence-corrected chi connectivity index (χ1v) is 7.55. The third-order valence-electron chi connectivity index (χ3n) is 4.49. The van der Waals surface area contributed by atoms with Gasteiger partial charge in [-0.2, -0.15) is 0 Å². The molecule has 1 fully saturated rings. The molecule has 112 valence electrons. The quantitative estimate of drug-likeness (QED) is 0.926. The Hall–Kier alpha value is -2.33. The zero-order chi connectivity index (χ0) is 15.1. The van der Waals surface area contributed by atoms with Gasteiger partial charge in [-0.15, -0.1) is 0 Å². The third kappa shape index (κ3) is 2.07. The van der Waals surface area contributed by atoms with E-state index in [0.29, 0.717) is 18.5 Å². The van der Waals surface area contributed by atoms with E-state index in [9.17, 15) is 9.90 Å². The van der Waals surface area contributed by atoms with Crippen molar-refractivity contribution in [3.63, 3.8) is 0 Å². The maximum absolute atomic E-state index is 13.0. The van der Waals surface area contributed by atoms with E-state index in [0.717, 1.165) is 23.3 Å². The molecule has 1 saturated heterocycles. The van der Waals surface area contributed by atoms with Crippen LogP contribution in [-0.2, 0) is 4.79 Å². The van der Waals surface area contributed by atoms with Gasteiger partial charge in [-0.1, -0.05) is 30.3 Å². The summed E-state index contributed by atoms with van der Waals surface area (Å²) in [7, 11) is 0. The standard InChI is InChI=1S/C18H17NO3/c20-14-9-13-10-15(16-7-4-8-22-16)17(18(21)19(13)11-14)12-5-2-1-3-6-12/h1-8,13-14,20H,9-11H2/t13-,14-/m1/s1. The van der Waals surface area contributed by atoms with Crippen molar-refractivity contribution in [1.82, 2.24) is 4.90 Å². The summed E-state index contributed by atoms with van der Waals surface area (Å²) >= 11 is 0.